The van der Waals surface area contributed by atoms with Crippen LogP contribution in [0.5, 0.6) is 0 Å². The number of carboxylic acids is 1. The van der Waals surface area contributed by atoms with Gasteiger partial charge in [-0.15, -0.1) is 0 Å². The molecule has 1 aliphatic heterocycles. The maximum absolute atomic E-state index is 11.7. The van der Waals surface area contributed by atoms with Crippen molar-refractivity contribution in [2.24, 2.45) is 0 Å². The molecule has 0 saturated carbocycles. The summed E-state index contributed by atoms with van der Waals surface area (Å²) in [5.41, 5.74) is 0. The maximum atomic E-state index is 11.7. The van der Waals surface area contributed by atoms with Crippen LogP contribution in [0.15, 0.2) is 0 Å². The Morgan fingerprint density at radius 1 is 1.22 bits per heavy atom. The minimum Gasteiger partial charge on any atom is -0.479 e. The number of aliphatic hydroxyl groups excluding tert-OH is 1. The summed E-state index contributed by atoms with van der Waals surface area (Å²) in [4.78, 5) is 26.0. The van der Waals surface area contributed by atoms with E-state index in [0.29, 0.717) is 19.1 Å². The lowest BCUT2D eigenvalue weighted by molar-refractivity contribution is -0.146. The van der Waals surface area contributed by atoms with E-state index in [1.54, 1.807) is 4.90 Å². The molecule has 1 atom stereocenters. The fourth-order valence-electron chi connectivity index (χ4n) is 1.82. The molecule has 18 heavy (non-hydrogen) atoms. The molecule has 0 spiro atoms. The van der Waals surface area contributed by atoms with Crippen molar-refractivity contribution in [3.05, 3.63) is 0 Å². The molecule has 1 fully saturated rings. The first-order chi connectivity index (χ1) is 8.41. The van der Waals surface area contributed by atoms with Crippen LogP contribution >= 0.6 is 0 Å². The second-order valence-electron chi connectivity index (χ2n) is 4.66. The van der Waals surface area contributed by atoms with Gasteiger partial charge in [0, 0.05) is 32.2 Å². The molecule has 0 radical (unpaired) electrons. The number of aliphatic hydroxyl groups is 1. The normalized spacial score (nSPS) is 18.8. The van der Waals surface area contributed by atoms with Gasteiger partial charge in [-0.3, -0.25) is 4.90 Å². The van der Waals surface area contributed by atoms with Crippen molar-refractivity contribution >= 4 is 12.0 Å². The van der Waals surface area contributed by atoms with Gasteiger partial charge in [-0.1, -0.05) is 0 Å². The summed E-state index contributed by atoms with van der Waals surface area (Å²) in [6, 6.07) is 0.141. The first-order valence-electron chi connectivity index (χ1n) is 6.09. The lowest BCUT2D eigenvalue weighted by Gasteiger charge is -2.36. The largest absolute Gasteiger partial charge is 0.479 e. The lowest BCUT2D eigenvalue weighted by Crippen LogP contribution is -2.54. The average molecular weight is 259 g/mol. The molecule has 1 aliphatic rings. The SMILES string of the molecule is CC(C)N1CCN(C(=O)NC[C@H](O)C(=O)O)CC1. The van der Waals surface area contributed by atoms with Gasteiger partial charge in [-0.2, -0.15) is 0 Å². The van der Waals surface area contributed by atoms with Crippen LogP contribution in [0.25, 0.3) is 0 Å². The monoisotopic (exact) mass is 259 g/mol. The second-order valence-corrected chi connectivity index (χ2v) is 4.66. The van der Waals surface area contributed by atoms with Crippen molar-refractivity contribution in [2.45, 2.75) is 26.0 Å². The van der Waals surface area contributed by atoms with Crippen LogP contribution in [0.4, 0.5) is 4.79 Å². The molecule has 0 aliphatic carbocycles. The van der Waals surface area contributed by atoms with E-state index in [0.717, 1.165) is 13.1 Å². The number of carbonyl (C=O) groups excluding carboxylic acids is 1. The summed E-state index contributed by atoms with van der Waals surface area (Å²) in [5.74, 6) is -1.33. The lowest BCUT2D eigenvalue weighted by atomic mass is 10.2. The van der Waals surface area contributed by atoms with Crippen molar-refractivity contribution in [3.8, 4) is 0 Å². The molecule has 1 heterocycles. The summed E-state index contributed by atoms with van der Waals surface area (Å²) < 4.78 is 0. The highest BCUT2D eigenvalue weighted by Crippen LogP contribution is 2.05. The number of nitrogens with zero attached hydrogens (tertiary/aromatic N) is 2. The molecular weight excluding hydrogens is 238 g/mol. The van der Waals surface area contributed by atoms with E-state index in [2.05, 4.69) is 24.1 Å². The van der Waals surface area contributed by atoms with Crippen molar-refractivity contribution < 1.29 is 19.8 Å². The van der Waals surface area contributed by atoms with Crippen molar-refractivity contribution in [2.75, 3.05) is 32.7 Å². The smallest absolute Gasteiger partial charge is 0.334 e. The van der Waals surface area contributed by atoms with Gasteiger partial charge in [0.05, 0.1) is 6.54 Å². The van der Waals surface area contributed by atoms with Gasteiger partial charge in [-0.25, -0.2) is 9.59 Å². The van der Waals surface area contributed by atoms with E-state index >= 15 is 0 Å². The van der Waals surface area contributed by atoms with Crippen molar-refractivity contribution in [3.63, 3.8) is 0 Å². The number of amides is 2. The molecule has 0 aromatic heterocycles. The predicted octanol–water partition coefficient (Wildman–Crippen LogP) is -0.832. The highest BCUT2D eigenvalue weighted by atomic mass is 16.4. The van der Waals surface area contributed by atoms with E-state index in [4.69, 9.17) is 10.2 Å². The Morgan fingerprint density at radius 3 is 2.22 bits per heavy atom. The van der Waals surface area contributed by atoms with Gasteiger partial charge in [0.2, 0.25) is 0 Å². The third kappa shape index (κ3) is 4.15. The van der Waals surface area contributed by atoms with Gasteiger partial charge in [0.25, 0.3) is 0 Å². The molecule has 1 saturated heterocycles. The van der Waals surface area contributed by atoms with Crippen LogP contribution in [0.3, 0.4) is 0 Å². The molecule has 7 nitrogen and oxygen atoms in total. The topological polar surface area (TPSA) is 93.1 Å². The molecule has 0 aromatic carbocycles. The van der Waals surface area contributed by atoms with E-state index in [-0.39, 0.29) is 12.6 Å². The van der Waals surface area contributed by atoms with E-state index < -0.39 is 12.1 Å². The Kier molecular flexibility index (Phi) is 5.36. The number of hydrogen-bond acceptors (Lipinski definition) is 4. The Hall–Kier alpha value is -1.34. The maximum Gasteiger partial charge on any atom is 0.334 e. The standard InChI is InChI=1S/C11H21N3O4/c1-8(2)13-3-5-14(6-4-13)11(18)12-7-9(15)10(16)17/h8-9,15H,3-7H2,1-2H3,(H,12,18)(H,16,17)/t9-/m0/s1. The van der Waals surface area contributed by atoms with Crippen LogP contribution in [0.1, 0.15) is 13.8 Å². The van der Waals surface area contributed by atoms with Gasteiger partial charge in [0.1, 0.15) is 0 Å². The number of carboxylic acid groups (broad SMARTS) is 1. The minimum absolute atomic E-state index is 0.265. The molecule has 0 bridgehead atoms. The second kappa shape index (κ2) is 6.55. The fourth-order valence-corrected chi connectivity index (χ4v) is 1.82. The average Bonchev–Trinajstić information content (AvgIpc) is 2.35. The zero-order valence-corrected chi connectivity index (χ0v) is 10.8. The minimum atomic E-state index is -1.55. The number of aliphatic carboxylic acids is 1. The first-order valence-corrected chi connectivity index (χ1v) is 6.09. The zero-order valence-electron chi connectivity index (χ0n) is 10.8. The third-order valence-corrected chi connectivity index (χ3v) is 3.06. The Bertz CT molecular complexity index is 301. The van der Waals surface area contributed by atoms with E-state index in [1.807, 2.05) is 0 Å². The van der Waals surface area contributed by atoms with Gasteiger partial charge in [-0.05, 0) is 13.8 Å². The summed E-state index contributed by atoms with van der Waals surface area (Å²) in [6.45, 7) is 6.82. The van der Waals surface area contributed by atoms with Crippen molar-refractivity contribution in [1.82, 2.24) is 15.1 Å². The number of piperazine rings is 1. The molecule has 3 N–H and O–H groups in total. The summed E-state index contributed by atoms with van der Waals surface area (Å²) >= 11 is 0. The molecular formula is C11H21N3O4. The number of hydrogen-bond donors (Lipinski definition) is 3. The molecule has 104 valence electrons. The first kappa shape index (κ1) is 14.7. The predicted molar refractivity (Wildman–Crippen MR) is 65.3 cm³/mol. The van der Waals surface area contributed by atoms with Crippen LogP contribution < -0.4 is 5.32 Å². The Balaban J connectivity index is 2.30. The van der Waals surface area contributed by atoms with Crippen molar-refractivity contribution in [1.29, 1.82) is 0 Å². The third-order valence-electron chi connectivity index (χ3n) is 3.06. The molecule has 1 rings (SSSR count). The number of urea groups is 1. The van der Waals surface area contributed by atoms with Gasteiger partial charge >= 0.3 is 12.0 Å². The summed E-state index contributed by atoms with van der Waals surface area (Å²) in [7, 11) is 0. The number of nitrogens with one attached hydrogen (secondary N) is 1. The summed E-state index contributed by atoms with van der Waals surface area (Å²) in [5, 5.41) is 19.9. The van der Waals surface area contributed by atoms with Gasteiger partial charge in [0.15, 0.2) is 6.10 Å². The zero-order chi connectivity index (χ0) is 13.7. The molecule has 2 amide bonds. The molecule has 7 heteroatoms. The van der Waals surface area contributed by atoms with Gasteiger partial charge < -0.3 is 20.4 Å². The Morgan fingerprint density at radius 2 is 1.78 bits per heavy atom. The molecule has 0 aromatic rings. The quantitative estimate of drug-likeness (QED) is 0.612. The van der Waals surface area contributed by atoms with Crippen LogP contribution in [-0.4, -0.2) is 76.9 Å². The number of carbonyl (C=O) groups is 2. The van der Waals surface area contributed by atoms with E-state index in [1.165, 1.54) is 0 Å². The fraction of sp³-hybridized carbons (Fsp3) is 0.818. The molecule has 0 unspecified atom stereocenters. The highest BCUT2D eigenvalue weighted by Gasteiger charge is 2.23. The summed E-state index contributed by atoms with van der Waals surface area (Å²) in [6.07, 6.45) is -1.55. The van der Waals surface area contributed by atoms with Crippen LogP contribution in [-0.2, 0) is 4.79 Å². The van der Waals surface area contributed by atoms with Crippen LogP contribution in [0.2, 0.25) is 0 Å². The van der Waals surface area contributed by atoms with Crippen LogP contribution in [0, 0.1) is 0 Å². The highest BCUT2D eigenvalue weighted by molar-refractivity contribution is 5.76. The Labute approximate surface area is 106 Å². The van der Waals surface area contributed by atoms with E-state index in [9.17, 15) is 9.59 Å². The number of rotatable bonds is 4.